The lowest BCUT2D eigenvalue weighted by Gasteiger charge is -2.18. The molecule has 0 spiro atoms. The molecule has 0 atom stereocenters. The highest BCUT2D eigenvalue weighted by molar-refractivity contribution is 9.12. The lowest BCUT2D eigenvalue weighted by Crippen LogP contribution is -2.30. The van der Waals surface area contributed by atoms with Crippen LogP contribution in [0.2, 0.25) is 5.02 Å². The Morgan fingerprint density at radius 2 is 1.81 bits per heavy atom. The number of aliphatic imine (C=N–C) groups is 1. The standard InChI is InChI=1S/C19H20BrClN2O2S/c1-3-23(4-2)26(24,25)17-10-11-18(21)19(13-17)22-14-16(20)12-15-8-6-5-7-9-15/h5-14H,3-4H2,1-2H3. The van der Waals surface area contributed by atoms with E-state index in [0.717, 1.165) is 10.0 Å². The maximum atomic E-state index is 12.6. The van der Waals surface area contributed by atoms with Crippen LogP contribution in [0.1, 0.15) is 19.4 Å². The van der Waals surface area contributed by atoms with Crippen LogP contribution in [0.15, 0.2) is 62.9 Å². The van der Waals surface area contributed by atoms with E-state index in [-0.39, 0.29) is 4.90 Å². The van der Waals surface area contributed by atoms with Gasteiger partial charge < -0.3 is 0 Å². The summed E-state index contributed by atoms with van der Waals surface area (Å²) in [6.45, 7) is 4.43. The van der Waals surface area contributed by atoms with Crippen LogP contribution < -0.4 is 0 Å². The third-order valence-electron chi connectivity index (χ3n) is 3.69. The van der Waals surface area contributed by atoms with Gasteiger partial charge in [-0.05, 0) is 45.8 Å². The molecule has 0 aromatic heterocycles. The molecule has 7 heteroatoms. The zero-order chi connectivity index (χ0) is 19.2. The van der Waals surface area contributed by atoms with E-state index in [1.807, 2.05) is 50.3 Å². The van der Waals surface area contributed by atoms with Crippen LogP contribution in [-0.2, 0) is 10.0 Å². The zero-order valence-electron chi connectivity index (χ0n) is 14.6. The lowest BCUT2D eigenvalue weighted by atomic mass is 10.2. The van der Waals surface area contributed by atoms with E-state index >= 15 is 0 Å². The summed E-state index contributed by atoms with van der Waals surface area (Å²) in [5, 5.41) is 0.389. The fraction of sp³-hybridized carbons (Fsp3) is 0.211. The van der Waals surface area contributed by atoms with E-state index in [4.69, 9.17) is 11.6 Å². The number of benzene rings is 2. The van der Waals surface area contributed by atoms with Gasteiger partial charge in [0.15, 0.2) is 0 Å². The van der Waals surface area contributed by atoms with Crippen LogP contribution in [0.25, 0.3) is 6.08 Å². The van der Waals surface area contributed by atoms with Gasteiger partial charge in [0.1, 0.15) is 0 Å². The maximum absolute atomic E-state index is 12.6. The summed E-state index contributed by atoms with van der Waals surface area (Å²) in [7, 11) is -3.55. The summed E-state index contributed by atoms with van der Waals surface area (Å²) in [5.41, 5.74) is 1.42. The molecule has 0 heterocycles. The lowest BCUT2D eigenvalue weighted by molar-refractivity contribution is 0.445. The van der Waals surface area contributed by atoms with E-state index in [1.165, 1.54) is 16.4 Å². The van der Waals surface area contributed by atoms with Crippen LogP contribution in [0, 0.1) is 0 Å². The fourth-order valence-electron chi connectivity index (χ4n) is 2.34. The van der Waals surface area contributed by atoms with Gasteiger partial charge in [-0.3, -0.25) is 4.99 Å². The van der Waals surface area contributed by atoms with Gasteiger partial charge in [0, 0.05) is 23.8 Å². The van der Waals surface area contributed by atoms with Gasteiger partial charge >= 0.3 is 0 Å². The van der Waals surface area contributed by atoms with Gasteiger partial charge in [-0.25, -0.2) is 8.42 Å². The average Bonchev–Trinajstić information content (AvgIpc) is 2.62. The number of allylic oxidation sites excluding steroid dienone is 1. The number of sulfonamides is 1. The van der Waals surface area contributed by atoms with Crippen LogP contribution in [-0.4, -0.2) is 32.0 Å². The molecule has 0 radical (unpaired) electrons. The molecule has 26 heavy (non-hydrogen) atoms. The van der Waals surface area contributed by atoms with E-state index in [2.05, 4.69) is 20.9 Å². The highest BCUT2D eigenvalue weighted by atomic mass is 79.9. The maximum Gasteiger partial charge on any atom is 0.243 e. The van der Waals surface area contributed by atoms with Crippen molar-refractivity contribution in [1.29, 1.82) is 0 Å². The molecular formula is C19H20BrClN2O2S. The fourth-order valence-corrected chi connectivity index (χ4v) is 4.35. The number of nitrogens with zero attached hydrogens (tertiary/aromatic N) is 2. The summed E-state index contributed by atoms with van der Waals surface area (Å²) in [6.07, 6.45) is 3.51. The molecule has 138 valence electrons. The first-order chi connectivity index (χ1) is 12.4. The quantitative estimate of drug-likeness (QED) is 0.517. The predicted octanol–water partition coefficient (Wildman–Crippen LogP) is 5.51. The predicted molar refractivity (Wildman–Crippen MR) is 113 cm³/mol. The van der Waals surface area contributed by atoms with Crippen LogP contribution >= 0.6 is 27.5 Å². The number of rotatable bonds is 7. The molecule has 0 saturated heterocycles. The minimum atomic E-state index is -3.55. The van der Waals surface area contributed by atoms with Crippen molar-refractivity contribution < 1.29 is 8.42 Å². The van der Waals surface area contributed by atoms with Gasteiger partial charge in [-0.15, -0.1) is 0 Å². The minimum Gasteiger partial charge on any atom is -0.254 e. The molecule has 0 amide bonds. The van der Waals surface area contributed by atoms with Crippen molar-refractivity contribution >= 4 is 55.5 Å². The van der Waals surface area contributed by atoms with Gasteiger partial charge in [0.2, 0.25) is 10.0 Å². The molecule has 0 N–H and O–H groups in total. The molecule has 0 bridgehead atoms. The summed E-state index contributed by atoms with van der Waals surface area (Å²) in [4.78, 5) is 4.51. The molecule has 2 aromatic rings. The SMILES string of the molecule is CCN(CC)S(=O)(=O)c1ccc(Cl)c(N=CC(Br)=Cc2ccccc2)c1. The van der Waals surface area contributed by atoms with Crippen molar-refractivity contribution in [3.05, 3.63) is 63.6 Å². The van der Waals surface area contributed by atoms with Crippen LogP contribution in [0.3, 0.4) is 0 Å². The number of hydrogen-bond acceptors (Lipinski definition) is 3. The minimum absolute atomic E-state index is 0.181. The first-order valence-electron chi connectivity index (χ1n) is 8.14. The van der Waals surface area contributed by atoms with Gasteiger partial charge in [-0.1, -0.05) is 55.8 Å². The Labute approximate surface area is 168 Å². The zero-order valence-corrected chi connectivity index (χ0v) is 17.7. The van der Waals surface area contributed by atoms with Crippen molar-refractivity contribution in [2.75, 3.05) is 13.1 Å². The summed E-state index contributed by atoms with van der Waals surface area (Å²) in [6, 6.07) is 14.3. The van der Waals surface area contributed by atoms with Crippen molar-refractivity contribution in [3.8, 4) is 0 Å². The van der Waals surface area contributed by atoms with E-state index in [9.17, 15) is 8.42 Å². The Kier molecular flexibility index (Phi) is 7.58. The van der Waals surface area contributed by atoms with Gasteiger partial charge in [-0.2, -0.15) is 4.31 Å². The van der Waals surface area contributed by atoms with Gasteiger partial charge in [0.25, 0.3) is 0 Å². The topological polar surface area (TPSA) is 49.7 Å². The van der Waals surface area contributed by atoms with E-state index < -0.39 is 10.0 Å². The molecule has 0 fully saturated rings. The van der Waals surface area contributed by atoms with E-state index in [0.29, 0.717) is 23.8 Å². The monoisotopic (exact) mass is 454 g/mol. The molecule has 2 rings (SSSR count). The van der Waals surface area contributed by atoms with Crippen LogP contribution in [0.5, 0.6) is 0 Å². The Balaban J connectivity index is 2.32. The highest BCUT2D eigenvalue weighted by Gasteiger charge is 2.22. The Bertz CT molecular complexity index is 908. The average molecular weight is 456 g/mol. The molecular weight excluding hydrogens is 436 g/mol. The van der Waals surface area contributed by atoms with Crippen molar-refractivity contribution in [2.45, 2.75) is 18.7 Å². The van der Waals surface area contributed by atoms with Crippen LogP contribution in [0.4, 0.5) is 5.69 Å². The summed E-state index contributed by atoms with van der Waals surface area (Å²) < 4.78 is 27.4. The highest BCUT2D eigenvalue weighted by Crippen LogP contribution is 2.29. The van der Waals surface area contributed by atoms with Crippen molar-refractivity contribution in [1.82, 2.24) is 4.31 Å². The first kappa shape index (κ1) is 20.8. The molecule has 4 nitrogen and oxygen atoms in total. The number of hydrogen-bond donors (Lipinski definition) is 0. The first-order valence-corrected chi connectivity index (χ1v) is 10.8. The Morgan fingerprint density at radius 1 is 1.15 bits per heavy atom. The van der Waals surface area contributed by atoms with Gasteiger partial charge in [0.05, 0.1) is 15.6 Å². The molecule has 0 aliphatic heterocycles. The molecule has 2 aromatic carbocycles. The number of halogens is 2. The molecule has 0 saturated carbocycles. The molecule has 0 unspecified atom stereocenters. The Hall–Kier alpha value is -1.47. The third kappa shape index (κ3) is 5.27. The second kappa shape index (κ2) is 9.46. The second-order valence-electron chi connectivity index (χ2n) is 5.40. The molecule has 0 aliphatic carbocycles. The Morgan fingerprint density at radius 3 is 2.42 bits per heavy atom. The van der Waals surface area contributed by atoms with Crippen molar-refractivity contribution in [3.63, 3.8) is 0 Å². The van der Waals surface area contributed by atoms with E-state index in [1.54, 1.807) is 12.3 Å². The molecule has 0 aliphatic rings. The second-order valence-corrected chi connectivity index (χ2v) is 8.66. The largest absolute Gasteiger partial charge is 0.254 e. The summed E-state index contributed by atoms with van der Waals surface area (Å²) >= 11 is 9.62. The third-order valence-corrected chi connectivity index (χ3v) is 6.49. The smallest absolute Gasteiger partial charge is 0.243 e. The normalized spacial score (nSPS) is 12.9. The summed E-state index contributed by atoms with van der Waals surface area (Å²) in [5.74, 6) is 0. The van der Waals surface area contributed by atoms with Crippen molar-refractivity contribution in [2.24, 2.45) is 4.99 Å².